The summed E-state index contributed by atoms with van der Waals surface area (Å²) in [7, 11) is 2.06. The number of hydrogen-bond donors (Lipinski definition) is 1. The van der Waals surface area contributed by atoms with Crippen molar-refractivity contribution in [2.75, 3.05) is 32.5 Å². The van der Waals surface area contributed by atoms with E-state index >= 15 is 0 Å². The van der Waals surface area contributed by atoms with Gasteiger partial charge in [-0.1, -0.05) is 6.92 Å². The molecule has 0 aromatic carbocycles. The fraction of sp³-hybridized carbons (Fsp3) is 0.700. The second-order valence-corrected chi connectivity index (χ2v) is 3.94. The molecule has 6 heteroatoms. The minimum atomic E-state index is -0.0886. The predicted molar refractivity (Wildman–Crippen MR) is 59.8 cm³/mol. The molecule has 16 heavy (non-hydrogen) atoms. The Morgan fingerprint density at radius 1 is 1.44 bits per heavy atom. The molecule has 0 saturated carbocycles. The molecule has 2 rings (SSSR count). The van der Waals surface area contributed by atoms with Crippen LogP contribution in [0.15, 0.2) is 0 Å². The Morgan fingerprint density at radius 3 is 2.94 bits per heavy atom. The molecule has 0 radical (unpaired) electrons. The summed E-state index contributed by atoms with van der Waals surface area (Å²) in [4.78, 5) is 14.7. The van der Waals surface area contributed by atoms with Crippen LogP contribution in [0.1, 0.15) is 24.7 Å². The second-order valence-electron chi connectivity index (χ2n) is 3.94. The first-order chi connectivity index (χ1) is 7.69. The quantitative estimate of drug-likeness (QED) is 0.761. The third-order valence-corrected chi connectivity index (χ3v) is 2.59. The first-order valence-corrected chi connectivity index (χ1v) is 5.49. The molecule has 1 aliphatic rings. The van der Waals surface area contributed by atoms with E-state index in [9.17, 15) is 0 Å². The van der Waals surface area contributed by atoms with Crippen molar-refractivity contribution in [3.8, 4) is 0 Å². The van der Waals surface area contributed by atoms with Gasteiger partial charge in [0.05, 0.1) is 6.61 Å². The molecule has 6 nitrogen and oxygen atoms in total. The van der Waals surface area contributed by atoms with Gasteiger partial charge < -0.3 is 15.4 Å². The number of rotatable bonds is 2. The molecule has 1 unspecified atom stereocenters. The lowest BCUT2D eigenvalue weighted by Crippen LogP contribution is -2.36. The number of ether oxygens (including phenoxy) is 1. The van der Waals surface area contributed by atoms with Crippen LogP contribution in [0.25, 0.3) is 0 Å². The molecular formula is C10H17N5O. The van der Waals surface area contributed by atoms with Gasteiger partial charge in [-0.25, -0.2) is 4.98 Å². The topological polar surface area (TPSA) is 77.2 Å². The molecule has 1 fully saturated rings. The predicted octanol–water partition coefficient (Wildman–Crippen LogP) is 0.0193. The first kappa shape index (κ1) is 11.2. The monoisotopic (exact) mass is 223 g/mol. The van der Waals surface area contributed by atoms with Gasteiger partial charge in [0.15, 0.2) is 5.82 Å². The number of anilines is 1. The zero-order valence-corrected chi connectivity index (χ0v) is 9.68. The maximum Gasteiger partial charge on any atom is 0.223 e. The molecular weight excluding hydrogens is 206 g/mol. The van der Waals surface area contributed by atoms with Crippen molar-refractivity contribution in [1.82, 2.24) is 19.9 Å². The van der Waals surface area contributed by atoms with Crippen molar-refractivity contribution in [2.45, 2.75) is 19.4 Å². The van der Waals surface area contributed by atoms with Crippen LogP contribution in [0.2, 0.25) is 0 Å². The molecule has 0 aliphatic carbocycles. The largest absolute Gasteiger partial charge is 0.368 e. The van der Waals surface area contributed by atoms with Gasteiger partial charge in [-0.3, -0.25) is 0 Å². The van der Waals surface area contributed by atoms with E-state index in [0.717, 1.165) is 25.3 Å². The average Bonchev–Trinajstić information content (AvgIpc) is 2.28. The zero-order chi connectivity index (χ0) is 11.5. The highest BCUT2D eigenvalue weighted by Crippen LogP contribution is 2.18. The SMILES string of the molecule is CCc1nc(N)nc(C2CN(C)CCO2)n1. The van der Waals surface area contributed by atoms with Crippen LogP contribution in [0.5, 0.6) is 0 Å². The van der Waals surface area contributed by atoms with Crippen LogP contribution >= 0.6 is 0 Å². The number of aryl methyl sites for hydroxylation is 1. The van der Waals surface area contributed by atoms with Crippen LogP contribution in [0.3, 0.4) is 0 Å². The molecule has 88 valence electrons. The Labute approximate surface area is 94.9 Å². The maximum absolute atomic E-state index is 5.64. The van der Waals surface area contributed by atoms with Crippen molar-refractivity contribution in [3.63, 3.8) is 0 Å². The lowest BCUT2D eigenvalue weighted by atomic mass is 10.2. The average molecular weight is 223 g/mol. The summed E-state index contributed by atoms with van der Waals surface area (Å²) in [5.41, 5.74) is 5.64. The fourth-order valence-electron chi connectivity index (χ4n) is 1.69. The molecule has 0 amide bonds. The number of morpholine rings is 1. The molecule has 1 atom stereocenters. The molecule has 1 aromatic heterocycles. The second kappa shape index (κ2) is 4.71. The fourth-order valence-corrected chi connectivity index (χ4v) is 1.69. The number of nitrogens with zero attached hydrogens (tertiary/aromatic N) is 4. The van der Waals surface area contributed by atoms with E-state index in [1.54, 1.807) is 0 Å². The summed E-state index contributed by atoms with van der Waals surface area (Å²) in [5, 5.41) is 0. The number of nitrogen functional groups attached to an aromatic ring is 1. The van der Waals surface area contributed by atoms with Gasteiger partial charge in [-0.05, 0) is 7.05 Å². The lowest BCUT2D eigenvalue weighted by molar-refractivity contribution is -0.0256. The van der Waals surface area contributed by atoms with Gasteiger partial charge >= 0.3 is 0 Å². The first-order valence-electron chi connectivity index (χ1n) is 5.49. The minimum absolute atomic E-state index is 0.0886. The third-order valence-electron chi connectivity index (χ3n) is 2.59. The molecule has 1 saturated heterocycles. The Morgan fingerprint density at radius 2 is 2.25 bits per heavy atom. The summed E-state index contributed by atoms with van der Waals surface area (Å²) >= 11 is 0. The zero-order valence-electron chi connectivity index (χ0n) is 9.68. The highest BCUT2D eigenvalue weighted by atomic mass is 16.5. The van der Waals surface area contributed by atoms with Crippen molar-refractivity contribution in [3.05, 3.63) is 11.6 Å². The van der Waals surface area contributed by atoms with Crippen LogP contribution < -0.4 is 5.73 Å². The lowest BCUT2D eigenvalue weighted by Gasteiger charge is -2.29. The van der Waals surface area contributed by atoms with E-state index in [4.69, 9.17) is 10.5 Å². The van der Waals surface area contributed by atoms with E-state index in [-0.39, 0.29) is 12.1 Å². The number of aromatic nitrogens is 3. The highest BCUT2D eigenvalue weighted by molar-refractivity contribution is 5.17. The molecule has 2 N–H and O–H groups in total. The van der Waals surface area contributed by atoms with Crippen LogP contribution in [-0.4, -0.2) is 46.6 Å². The van der Waals surface area contributed by atoms with E-state index in [1.165, 1.54) is 0 Å². The molecule has 1 aromatic rings. The number of hydrogen-bond acceptors (Lipinski definition) is 6. The highest BCUT2D eigenvalue weighted by Gasteiger charge is 2.22. The summed E-state index contributed by atoms with van der Waals surface area (Å²) in [6.45, 7) is 4.44. The Kier molecular flexibility index (Phi) is 3.31. The van der Waals surface area contributed by atoms with Crippen molar-refractivity contribution >= 4 is 5.95 Å². The molecule has 0 spiro atoms. The van der Waals surface area contributed by atoms with Gasteiger partial charge in [0.2, 0.25) is 5.95 Å². The van der Waals surface area contributed by atoms with Crippen LogP contribution in [0.4, 0.5) is 5.95 Å². The van der Waals surface area contributed by atoms with Gasteiger partial charge in [0.25, 0.3) is 0 Å². The van der Waals surface area contributed by atoms with Crippen molar-refractivity contribution in [1.29, 1.82) is 0 Å². The molecule has 1 aliphatic heterocycles. The third kappa shape index (κ3) is 2.45. The Hall–Kier alpha value is -1.27. The van der Waals surface area contributed by atoms with Crippen LogP contribution in [0, 0.1) is 0 Å². The molecule has 0 bridgehead atoms. The van der Waals surface area contributed by atoms with Gasteiger partial charge in [0, 0.05) is 19.5 Å². The van der Waals surface area contributed by atoms with Crippen molar-refractivity contribution in [2.24, 2.45) is 0 Å². The maximum atomic E-state index is 5.64. The summed E-state index contributed by atoms with van der Waals surface area (Å²) < 4.78 is 5.64. The van der Waals surface area contributed by atoms with E-state index in [2.05, 4.69) is 26.9 Å². The number of likely N-dealkylation sites (N-methyl/N-ethyl adjacent to an activating group) is 1. The van der Waals surface area contributed by atoms with E-state index in [1.807, 2.05) is 6.92 Å². The van der Waals surface area contributed by atoms with E-state index in [0.29, 0.717) is 12.4 Å². The summed E-state index contributed by atoms with van der Waals surface area (Å²) in [6.07, 6.45) is 0.664. The molecule has 2 heterocycles. The van der Waals surface area contributed by atoms with E-state index < -0.39 is 0 Å². The Balaban J connectivity index is 2.21. The van der Waals surface area contributed by atoms with Gasteiger partial charge in [0.1, 0.15) is 11.9 Å². The number of nitrogens with two attached hydrogens (primary N) is 1. The van der Waals surface area contributed by atoms with Gasteiger partial charge in [-0.15, -0.1) is 0 Å². The summed E-state index contributed by atoms with van der Waals surface area (Å²) in [6, 6.07) is 0. The van der Waals surface area contributed by atoms with Crippen molar-refractivity contribution < 1.29 is 4.74 Å². The van der Waals surface area contributed by atoms with Crippen LogP contribution in [-0.2, 0) is 11.2 Å². The normalized spacial score (nSPS) is 22.2. The minimum Gasteiger partial charge on any atom is -0.368 e. The Bertz CT molecular complexity index is 370. The van der Waals surface area contributed by atoms with Gasteiger partial charge in [-0.2, -0.15) is 9.97 Å². The smallest absolute Gasteiger partial charge is 0.223 e. The standard InChI is InChI=1S/C10H17N5O/c1-3-8-12-9(14-10(11)13-8)7-6-15(2)4-5-16-7/h7H,3-6H2,1-2H3,(H2,11,12,13,14). The summed E-state index contributed by atoms with van der Waals surface area (Å²) in [5.74, 6) is 1.65.